The van der Waals surface area contributed by atoms with Gasteiger partial charge in [0.25, 0.3) is 0 Å². The number of rotatable bonds is 2. The summed E-state index contributed by atoms with van der Waals surface area (Å²) in [5, 5.41) is 7.80. The first-order valence-electron chi connectivity index (χ1n) is 7.30. The third-order valence-electron chi connectivity index (χ3n) is 4.06. The fourth-order valence-electron chi connectivity index (χ4n) is 2.95. The van der Waals surface area contributed by atoms with Crippen molar-refractivity contribution in [1.29, 1.82) is 0 Å². The molecule has 3 nitrogen and oxygen atoms in total. The van der Waals surface area contributed by atoms with Gasteiger partial charge in [-0.2, -0.15) is 5.10 Å². The molecular weight excluding hydrogens is 329 g/mol. The van der Waals surface area contributed by atoms with E-state index < -0.39 is 0 Å². The fourth-order valence-corrected chi connectivity index (χ4v) is 3.41. The lowest BCUT2D eigenvalue weighted by atomic mass is 9.98. The number of benzene rings is 2. The Hall–Kier alpha value is -2.10. The van der Waals surface area contributed by atoms with Crippen LogP contribution in [0.2, 0.25) is 10.3 Å². The summed E-state index contributed by atoms with van der Waals surface area (Å²) in [6.07, 6.45) is 0.736. The van der Waals surface area contributed by atoms with Gasteiger partial charge in [-0.3, -0.25) is 0 Å². The van der Waals surface area contributed by atoms with Gasteiger partial charge in [-0.1, -0.05) is 65.7 Å². The SMILES string of the molecule is Cc1nn2c(Cl)cc(Cl)nc2c1Cc1cccc2ccccc12. The topological polar surface area (TPSA) is 30.2 Å². The van der Waals surface area contributed by atoms with Crippen molar-refractivity contribution >= 4 is 39.6 Å². The van der Waals surface area contributed by atoms with Gasteiger partial charge < -0.3 is 0 Å². The van der Waals surface area contributed by atoms with Gasteiger partial charge in [0.1, 0.15) is 10.3 Å². The molecule has 4 rings (SSSR count). The largest absolute Gasteiger partial charge is 0.216 e. The molecule has 0 bridgehead atoms. The van der Waals surface area contributed by atoms with Crippen molar-refractivity contribution in [2.75, 3.05) is 0 Å². The Morgan fingerprint density at radius 3 is 2.70 bits per heavy atom. The minimum Gasteiger partial charge on any atom is -0.216 e. The number of aryl methyl sites for hydroxylation is 1. The second kappa shape index (κ2) is 5.52. The van der Waals surface area contributed by atoms with Gasteiger partial charge in [0.2, 0.25) is 0 Å². The average Bonchev–Trinajstić information content (AvgIpc) is 2.85. The third kappa shape index (κ3) is 2.46. The zero-order valence-electron chi connectivity index (χ0n) is 12.4. The molecule has 0 saturated heterocycles. The molecule has 0 atom stereocenters. The van der Waals surface area contributed by atoms with Crippen LogP contribution in [0, 0.1) is 6.92 Å². The summed E-state index contributed by atoms with van der Waals surface area (Å²) in [5.74, 6) is 0. The van der Waals surface area contributed by atoms with E-state index in [0.29, 0.717) is 16.0 Å². The summed E-state index contributed by atoms with van der Waals surface area (Å²) in [4.78, 5) is 4.41. The van der Waals surface area contributed by atoms with E-state index in [9.17, 15) is 0 Å². The Kier molecular flexibility index (Phi) is 3.47. The second-order valence-corrected chi connectivity index (χ2v) is 6.29. The maximum atomic E-state index is 6.22. The number of nitrogens with zero attached hydrogens (tertiary/aromatic N) is 3. The molecule has 2 heterocycles. The minimum atomic E-state index is 0.376. The van der Waals surface area contributed by atoms with Crippen LogP contribution in [0.15, 0.2) is 48.5 Å². The molecule has 0 aliphatic rings. The van der Waals surface area contributed by atoms with E-state index in [1.165, 1.54) is 16.3 Å². The lowest BCUT2D eigenvalue weighted by Gasteiger charge is -2.06. The van der Waals surface area contributed by atoms with Crippen LogP contribution in [-0.4, -0.2) is 14.6 Å². The maximum absolute atomic E-state index is 6.22. The van der Waals surface area contributed by atoms with Crippen LogP contribution in [0.1, 0.15) is 16.8 Å². The maximum Gasteiger partial charge on any atom is 0.162 e. The van der Waals surface area contributed by atoms with Crippen molar-refractivity contribution in [3.05, 3.63) is 75.7 Å². The van der Waals surface area contributed by atoms with Gasteiger partial charge in [0.15, 0.2) is 5.65 Å². The standard InChI is InChI=1S/C18H13Cl2N3/c1-11-15(18-21-16(19)10-17(20)23(18)22-11)9-13-7-4-6-12-5-2-3-8-14(12)13/h2-8,10H,9H2,1H3. The van der Waals surface area contributed by atoms with Crippen molar-refractivity contribution < 1.29 is 0 Å². The molecule has 0 amide bonds. The van der Waals surface area contributed by atoms with Crippen LogP contribution in [0.5, 0.6) is 0 Å². The van der Waals surface area contributed by atoms with Crippen molar-refractivity contribution in [2.24, 2.45) is 0 Å². The highest BCUT2D eigenvalue weighted by Crippen LogP contribution is 2.26. The first kappa shape index (κ1) is 14.5. The van der Waals surface area contributed by atoms with Gasteiger partial charge >= 0.3 is 0 Å². The van der Waals surface area contributed by atoms with Gasteiger partial charge in [-0.15, -0.1) is 0 Å². The molecule has 0 saturated carbocycles. The van der Waals surface area contributed by atoms with Crippen molar-refractivity contribution in [3.63, 3.8) is 0 Å². The molecule has 0 unspecified atom stereocenters. The number of fused-ring (bicyclic) bond motifs is 2. The van der Waals surface area contributed by atoms with E-state index in [1.54, 1.807) is 10.6 Å². The van der Waals surface area contributed by atoms with Crippen molar-refractivity contribution in [2.45, 2.75) is 13.3 Å². The Morgan fingerprint density at radius 1 is 1.04 bits per heavy atom. The molecule has 0 radical (unpaired) electrons. The molecule has 23 heavy (non-hydrogen) atoms. The summed E-state index contributed by atoms with van der Waals surface area (Å²) < 4.78 is 1.64. The predicted octanol–water partition coefficient (Wildman–Crippen LogP) is 5.09. The van der Waals surface area contributed by atoms with E-state index in [0.717, 1.165) is 17.7 Å². The monoisotopic (exact) mass is 341 g/mol. The van der Waals surface area contributed by atoms with E-state index in [4.69, 9.17) is 23.2 Å². The van der Waals surface area contributed by atoms with Crippen molar-refractivity contribution in [3.8, 4) is 0 Å². The van der Waals surface area contributed by atoms with Gasteiger partial charge in [-0.05, 0) is 23.3 Å². The van der Waals surface area contributed by atoms with Crippen LogP contribution in [-0.2, 0) is 6.42 Å². The molecule has 0 aliphatic carbocycles. The molecular formula is C18H13Cl2N3. The fraction of sp³-hybridized carbons (Fsp3) is 0.111. The molecule has 2 aromatic carbocycles. The smallest absolute Gasteiger partial charge is 0.162 e. The third-order valence-corrected chi connectivity index (χ3v) is 4.52. The van der Waals surface area contributed by atoms with E-state index >= 15 is 0 Å². The first-order chi connectivity index (χ1) is 11.1. The second-order valence-electron chi connectivity index (χ2n) is 5.52. The Morgan fingerprint density at radius 2 is 1.83 bits per heavy atom. The molecule has 114 valence electrons. The number of aromatic nitrogens is 3. The number of hydrogen-bond acceptors (Lipinski definition) is 2. The molecule has 4 aromatic rings. The highest BCUT2D eigenvalue weighted by atomic mass is 35.5. The quantitative estimate of drug-likeness (QED) is 0.475. The van der Waals surface area contributed by atoms with Crippen molar-refractivity contribution in [1.82, 2.24) is 14.6 Å². The highest BCUT2D eigenvalue weighted by Gasteiger charge is 2.15. The molecule has 0 aliphatic heterocycles. The zero-order chi connectivity index (χ0) is 16.0. The summed E-state index contributed by atoms with van der Waals surface area (Å²) in [5.41, 5.74) is 3.91. The van der Waals surface area contributed by atoms with E-state index in [-0.39, 0.29) is 0 Å². The zero-order valence-corrected chi connectivity index (χ0v) is 13.9. The lowest BCUT2D eigenvalue weighted by Crippen LogP contribution is -1.95. The minimum absolute atomic E-state index is 0.376. The van der Waals surface area contributed by atoms with Gasteiger partial charge in [0, 0.05) is 18.1 Å². The molecule has 0 fully saturated rings. The highest BCUT2D eigenvalue weighted by molar-refractivity contribution is 6.33. The number of halogens is 2. The Balaban J connectivity index is 1.91. The van der Waals surface area contributed by atoms with Gasteiger partial charge in [-0.25, -0.2) is 9.50 Å². The molecule has 5 heteroatoms. The lowest BCUT2D eigenvalue weighted by molar-refractivity contribution is 0.917. The number of hydrogen-bond donors (Lipinski definition) is 0. The average molecular weight is 342 g/mol. The summed E-state index contributed by atoms with van der Waals surface area (Å²) in [6.45, 7) is 1.97. The van der Waals surface area contributed by atoms with Crippen LogP contribution in [0.4, 0.5) is 0 Å². The molecule has 0 spiro atoms. The van der Waals surface area contributed by atoms with Crippen LogP contribution >= 0.6 is 23.2 Å². The first-order valence-corrected chi connectivity index (χ1v) is 8.06. The van der Waals surface area contributed by atoms with Crippen LogP contribution < -0.4 is 0 Å². The van der Waals surface area contributed by atoms with Gasteiger partial charge in [0.05, 0.1) is 5.69 Å². The summed E-state index contributed by atoms with van der Waals surface area (Å²) >= 11 is 12.3. The Labute approximate surface area is 143 Å². The normalized spacial score (nSPS) is 11.4. The summed E-state index contributed by atoms with van der Waals surface area (Å²) in [6, 6.07) is 16.3. The molecule has 0 N–H and O–H groups in total. The predicted molar refractivity (Wildman–Crippen MR) is 94.5 cm³/mol. The van der Waals surface area contributed by atoms with Crippen LogP contribution in [0.3, 0.4) is 0 Å². The summed E-state index contributed by atoms with van der Waals surface area (Å²) in [7, 11) is 0. The van der Waals surface area contributed by atoms with E-state index in [2.05, 4.69) is 46.5 Å². The molecule has 2 aromatic heterocycles. The van der Waals surface area contributed by atoms with Crippen LogP contribution in [0.25, 0.3) is 16.4 Å². The van der Waals surface area contributed by atoms with E-state index in [1.807, 2.05) is 13.0 Å². The Bertz CT molecular complexity index is 1030.